The monoisotopic (exact) mass is 349 g/mol. The molecular formula is C20H23N5O. The lowest BCUT2D eigenvalue weighted by molar-refractivity contribution is 0.213. The molecule has 3 aromatic rings. The number of allylic oxidation sites excluding steroid dienone is 1. The van der Waals surface area contributed by atoms with Gasteiger partial charge in [0.15, 0.2) is 5.65 Å². The molecule has 1 N–H and O–H groups in total. The Morgan fingerprint density at radius 2 is 2.15 bits per heavy atom. The van der Waals surface area contributed by atoms with Gasteiger partial charge in [0, 0.05) is 25.2 Å². The van der Waals surface area contributed by atoms with Crippen molar-refractivity contribution >= 4 is 11.0 Å². The number of benzene rings is 1. The Morgan fingerprint density at radius 1 is 1.35 bits per heavy atom. The Morgan fingerprint density at radius 3 is 2.92 bits per heavy atom. The van der Waals surface area contributed by atoms with Gasteiger partial charge in [-0.15, -0.1) is 0 Å². The van der Waals surface area contributed by atoms with Gasteiger partial charge in [-0.1, -0.05) is 36.9 Å². The second-order valence-electron chi connectivity index (χ2n) is 6.98. The van der Waals surface area contributed by atoms with Crippen LogP contribution >= 0.6 is 0 Å². The highest BCUT2D eigenvalue weighted by atomic mass is 16.1. The summed E-state index contributed by atoms with van der Waals surface area (Å²) in [6, 6.07) is 10.2. The van der Waals surface area contributed by atoms with E-state index in [0.717, 1.165) is 37.2 Å². The highest BCUT2D eigenvalue weighted by Crippen LogP contribution is 2.25. The van der Waals surface area contributed by atoms with Crippen LogP contribution < -0.4 is 5.56 Å². The van der Waals surface area contributed by atoms with Gasteiger partial charge in [0.05, 0.1) is 12.2 Å². The topological polar surface area (TPSA) is 66.8 Å². The number of H-pyrrole nitrogens is 1. The van der Waals surface area contributed by atoms with Crippen molar-refractivity contribution in [3.63, 3.8) is 0 Å². The van der Waals surface area contributed by atoms with E-state index >= 15 is 0 Å². The van der Waals surface area contributed by atoms with Crippen LogP contribution in [0.1, 0.15) is 37.2 Å². The Balaban J connectivity index is 1.70. The van der Waals surface area contributed by atoms with Crippen molar-refractivity contribution in [3.05, 3.63) is 70.5 Å². The number of hydrogen-bond donors (Lipinski definition) is 1. The zero-order chi connectivity index (χ0) is 18.1. The fourth-order valence-corrected chi connectivity index (χ4v) is 3.62. The zero-order valence-electron chi connectivity index (χ0n) is 15.0. The summed E-state index contributed by atoms with van der Waals surface area (Å²) in [5.41, 5.74) is 2.74. The fourth-order valence-electron chi connectivity index (χ4n) is 3.62. The van der Waals surface area contributed by atoms with Crippen molar-refractivity contribution in [1.29, 1.82) is 0 Å². The lowest BCUT2D eigenvalue weighted by Gasteiger charge is -2.34. The average Bonchev–Trinajstić information content (AvgIpc) is 3.07. The van der Waals surface area contributed by atoms with Crippen molar-refractivity contribution in [2.24, 2.45) is 0 Å². The Kier molecular flexibility index (Phi) is 4.32. The molecule has 1 aliphatic rings. The van der Waals surface area contributed by atoms with E-state index in [1.807, 2.05) is 41.9 Å². The van der Waals surface area contributed by atoms with Crippen molar-refractivity contribution in [1.82, 2.24) is 24.6 Å². The number of hydrogen-bond acceptors (Lipinski definition) is 4. The fraction of sp³-hybridized carbons (Fsp3) is 0.350. The summed E-state index contributed by atoms with van der Waals surface area (Å²) in [6.07, 6.45) is 4.34. The highest BCUT2D eigenvalue weighted by molar-refractivity contribution is 5.73. The molecule has 1 fully saturated rings. The second-order valence-corrected chi connectivity index (χ2v) is 6.98. The quantitative estimate of drug-likeness (QED) is 0.786. The maximum atomic E-state index is 12.5. The van der Waals surface area contributed by atoms with Gasteiger partial charge >= 0.3 is 0 Å². The number of piperidine rings is 1. The minimum atomic E-state index is -0.125. The van der Waals surface area contributed by atoms with Gasteiger partial charge in [0.2, 0.25) is 0 Å². The molecule has 3 heterocycles. The molecule has 1 atom stereocenters. The van der Waals surface area contributed by atoms with E-state index in [-0.39, 0.29) is 11.6 Å². The Bertz CT molecular complexity index is 988. The Hall–Kier alpha value is -2.89. The molecule has 0 bridgehead atoms. The van der Waals surface area contributed by atoms with Gasteiger partial charge < -0.3 is 9.88 Å². The predicted molar refractivity (Wildman–Crippen MR) is 102 cm³/mol. The van der Waals surface area contributed by atoms with Crippen LogP contribution in [-0.4, -0.2) is 37.7 Å². The predicted octanol–water partition coefficient (Wildman–Crippen LogP) is 2.88. The summed E-state index contributed by atoms with van der Waals surface area (Å²) >= 11 is 0. The van der Waals surface area contributed by atoms with E-state index in [2.05, 4.69) is 21.6 Å². The average molecular weight is 349 g/mol. The van der Waals surface area contributed by atoms with Gasteiger partial charge in [-0.2, -0.15) is 5.10 Å². The maximum Gasteiger partial charge on any atom is 0.262 e. The van der Waals surface area contributed by atoms with E-state index in [9.17, 15) is 4.79 Å². The highest BCUT2D eigenvalue weighted by Gasteiger charge is 2.24. The first kappa shape index (κ1) is 16.6. The summed E-state index contributed by atoms with van der Waals surface area (Å²) < 4.78 is 1.92. The van der Waals surface area contributed by atoms with Gasteiger partial charge in [0.25, 0.3) is 5.56 Å². The van der Waals surface area contributed by atoms with Gasteiger partial charge in [-0.3, -0.25) is 4.79 Å². The van der Waals surface area contributed by atoms with Gasteiger partial charge in [0.1, 0.15) is 11.2 Å². The van der Waals surface area contributed by atoms with Crippen LogP contribution in [0.4, 0.5) is 0 Å². The molecule has 134 valence electrons. The number of fused-ring (bicyclic) bond motifs is 1. The molecule has 1 unspecified atom stereocenters. The summed E-state index contributed by atoms with van der Waals surface area (Å²) in [4.78, 5) is 22.4. The summed E-state index contributed by atoms with van der Waals surface area (Å²) in [6.45, 7) is 7.97. The molecule has 26 heavy (non-hydrogen) atoms. The van der Waals surface area contributed by atoms with Crippen LogP contribution in [0.5, 0.6) is 0 Å². The maximum absolute atomic E-state index is 12.5. The number of rotatable bonds is 4. The molecule has 0 amide bonds. The summed E-state index contributed by atoms with van der Waals surface area (Å²) in [5, 5.41) is 5.05. The van der Waals surface area contributed by atoms with E-state index < -0.39 is 0 Å². The summed E-state index contributed by atoms with van der Waals surface area (Å²) in [7, 11) is 0. The molecule has 0 aliphatic carbocycles. The molecule has 6 heteroatoms. The van der Waals surface area contributed by atoms with E-state index in [4.69, 9.17) is 4.98 Å². The minimum Gasteiger partial charge on any atom is -0.373 e. The first-order valence-corrected chi connectivity index (χ1v) is 9.02. The first-order valence-electron chi connectivity index (χ1n) is 9.02. The third-order valence-corrected chi connectivity index (χ3v) is 5.01. The third kappa shape index (κ3) is 3.14. The van der Waals surface area contributed by atoms with Crippen LogP contribution in [0.15, 0.2) is 53.6 Å². The van der Waals surface area contributed by atoms with E-state index in [1.165, 1.54) is 0 Å². The molecule has 4 rings (SSSR count). The normalized spacial score (nSPS) is 17.6. The lowest BCUT2D eigenvalue weighted by Crippen LogP contribution is -2.35. The lowest BCUT2D eigenvalue weighted by atomic mass is 10.1. The molecule has 1 aromatic carbocycles. The van der Waals surface area contributed by atoms with Crippen LogP contribution in [0.3, 0.4) is 0 Å². The standard InChI is InChI=1S/C20H23N5O/c1-14(2)24-10-6-9-16(13-24)25-19-17(12-21-25)20(26)23-18(22-19)11-15-7-4-3-5-8-15/h3-5,7-8,12,16H,1,6,9-11,13H2,2H3,(H,22,23,26). The van der Waals surface area contributed by atoms with Crippen LogP contribution in [0, 0.1) is 0 Å². The number of aromatic nitrogens is 4. The molecule has 1 aliphatic heterocycles. The van der Waals surface area contributed by atoms with Crippen molar-refractivity contribution < 1.29 is 0 Å². The molecule has 0 saturated carbocycles. The van der Waals surface area contributed by atoms with Crippen LogP contribution in [-0.2, 0) is 6.42 Å². The number of nitrogens with zero attached hydrogens (tertiary/aromatic N) is 4. The minimum absolute atomic E-state index is 0.125. The number of aromatic amines is 1. The van der Waals surface area contributed by atoms with Gasteiger partial charge in [-0.25, -0.2) is 9.67 Å². The smallest absolute Gasteiger partial charge is 0.262 e. The van der Waals surface area contributed by atoms with Crippen molar-refractivity contribution in [2.45, 2.75) is 32.2 Å². The first-order chi connectivity index (χ1) is 12.6. The SMILES string of the molecule is C=C(C)N1CCCC(n2ncc3c(=O)[nH]c(Cc4ccccc4)nc32)C1. The molecule has 2 aromatic heterocycles. The Labute approximate surface area is 152 Å². The van der Waals surface area contributed by atoms with Gasteiger partial charge in [-0.05, 0) is 25.3 Å². The molecule has 0 radical (unpaired) electrons. The van der Waals surface area contributed by atoms with Crippen molar-refractivity contribution in [3.8, 4) is 0 Å². The van der Waals surface area contributed by atoms with E-state index in [1.54, 1.807) is 6.20 Å². The molecular weight excluding hydrogens is 326 g/mol. The zero-order valence-corrected chi connectivity index (χ0v) is 15.0. The van der Waals surface area contributed by atoms with Crippen LogP contribution in [0.2, 0.25) is 0 Å². The summed E-state index contributed by atoms with van der Waals surface area (Å²) in [5.74, 6) is 0.669. The van der Waals surface area contributed by atoms with E-state index in [0.29, 0.717) is 23.3 Å². The number of likely N-dealkylation sites (tertiary alicyclic amines) is 1. The third-order valence-electron chi connectivity index (χ3n) is 5.01. The largest absolute Gasteiger partial charge is 0.373 e. The van der Waals surface area contributed by atoms with Crippen molar-refractivity contribution in [2.75, 3.05) is 13.1 Å². The molecule has 1 saturated heterocycles. The molecule has 0 spiro atoms. The number of nitrogens with one attached hydrogen (secondary N) is 1. The second kappa shape index (κ2) is 6.78. The molecule has 6 nitrogen and oxygen atoms in total. The van der Waals surface area contributed by atoms with Crippen LogP contribution in [0.25, 0.3) is 11.0 Å².